The topological polar surface area (TPSA) is 106 Å². The Bertz CT molecular complexity index is 1260. The third-order valence-electron chi connectivity index (χ3n) is 4.90. The molecule has 2 aliphatic rings. The molecule has 2 aromatic rings. The summed E-state index contributed by atoms with van der Waals surface area (Å²) < 4.78 is 27.3. The second-order valence-electron chi connectivity index (χ2n) is 6.99. The Hall–Kier alpha value is -2.96. The first-order valence-electron chi connectivity index (χ1n) is 10.3. The van der Waals surface area contributed by atoms with Gasteiger partial charge in [0, 0.05) is 0 Å². The standard InChI is InChI=1S/C23H21BrN4O5S2/c1-30-16-6-4-5-7-17(16)32-8-9-33-19-15(24)11-13(12-18(19)31-2)10-14-20(25)28-22(26-21(14)29)35-27-23(28)34-3/h4-7,10-12,25H,8-9H2,1-3H3/b14-10-,25-20?. The second kappa shape index (κ2) is 11.2. The number of carbonyl (C=O) groups is 1. The molecule has 0 fully saturated rings. The lowest BCUT2D eigenvalue weighted by Crippen LogP contribution is -2.41. The van der Waals surface area contributed by atoms with E-state index < -0.39 is 5.91 Å². The van der Waals surface area contributed by atoms with Gasteiger partial charge in [-0.15, -0.1) is 0 Å². The van der Waals surface area contributed by atoms with E-state index in [0.29, 0.717) is 50.0 Å². The second-order valence-corrected chi connectivity index (χ2v) is 9.35. The molecule has 182 valence electrons. The molecule has 0 spiro atoms. The molecule has 35 heavy (non-hydrogen) atoms. The van der Waals surface area contributed by atoms with Gasteiger partial charge in [-0.05, 0) is 58.1 Å². The molecule has 4 rings (SSSR count). The van der Waals surface area contributed by atoms with Crippen LogP contribution in [0.15, 0.2) is 55.8 Å². The van der Waals surface area contributed by atoms with E-state index in [1.54, 1.807) is 30.2 Å². The average Bonchev–Trinajstić information content (AvgIpc) is 3.28. The lowest BCUT2D eigenvalue weighted by molar-refractivity contribution is -0.114. The first kappa shape index (κ1) is 25.1. The van der Waals surface area contributed by atoms with Crippen molar-refractivity contribution in [3.63, 3.8) is 0 Å². The highest BCUT2D eigenvalue weighted by atomic mass is 79.9. The molecular weight excluding hydrogens is 556 g/mol. The monoisotopic (exact) mass is 576 g/mol. The van der Waals surface area contributed by atoms with Gasteiger partial charge in [0.15, 0.2) is 28.2 Å². The Morgan fingerprint density at radius 3 is 2.54 bits per heavy atom. The van der Waals surface area contributed by atoms with Crippen LogP contribution in [0.4, 0.5) is 0 Å². The third-order valence-corrected chi connectivity index (χ3v) is 6.94. The van der Waals surface area contributed by atoms with E-state index in [9.17, 15) is 4.79 Å². The van der Waals surface area contributed by atoms with E-state index >= 15 is 0 Å². The summed E-state index contributed by atoms with van der Waals surface area (Å²) in [5.74, 6) is 1.77. The molecule has 2 aliphatic heterocycles. The number of carbonyl (C=O) groups excluding carboxylic acids is 1. The number of aliphatic imine (C=N–C) groups is 1. The van der Waals surface area contributed by atoms with Gasteiger partial charge in [-0.1, -0.05) is 23.9 Å². The van der Waals surface area contributed by atoms with Gasteiger partial charge in [-0.3, -0.25) is 10.2 Å². The molecule has 0 saturated carbocycles. The van der Waals surface area contributed by atoms with E-state index in [-0.39, 0.29) is 18.0 Å². The number of halogens is 1. The molecule has 0 aliphatic carbocycles. The normalized spacial score (nSPS) is 16.1. The summed E-state index contributed by atoms with van der Waals surface area (Å²) in [5.41, 5.74) is 0.804. The van der Waals surface area contributed by atoms with Crippen molar-refractivity contribution >= 4 is 67.8 Å². The van der Waals surface area contributed by atoms with Crippen LogP contribution in [-0.4, -0.2) is 60.7 Å². The van der Waals surface area contributed by atoms with Crippen LogP contribution in [0.1, 0.15) is 5.56 Å². The fraction of sp³-hybridized carbons (Fsp3) is 0.217. The highest BCUT2D eigenvalue weighted by Gasteiger charge is 2.37. The fourth-order valence-electron chi connectivity index (χ4n) is 3.30. The molecule has 9 nitrogen and oxygen atoms in total. The smallest absolute Gasteiger partial charge is 0.283 e. The molecule has 0 bridgehead atoms. The number of methoxy groups -OCH3 is 2. The van der Waals surface area contributed by atoms with Gasteiger partial charge in [-0.2, -0.15) is 9.39 Å². The molecule has 1 N–H and O–H groups in total. The summed E-state index contributed by atoms with van der Waals surface area (Å²) in [5, 5.41) is 9.55. The zero-order valence-electron chi connectivity index (χ0n) is 19.0. The molecular formula is C23H21BrN4O5S2. The molecule has 0 aromatic heterocycles. The number of para-hydroxylation sites is 2. The number of benzene rings is 2. The summed E-state index contributed by atoms with van der Waals surface area (Å²) in [6.07, 6.45) is 3.46. The van der Waals surface area contributed by atoms with E-state index in [4.69, 9.17) is 24.4 Å². The van der Waals surface area contributed by atoms with Gasteiger partial charge in [0.1, 0.15) is 19.0 Å². The number of fused-ring (bicyclic) bond motifs is 1. The van der Waals surface area contributed by atoms with Gasteiger partial charge in [0.05, 0.1) is 36.2 Å². The summed E-state index contributed by atoms with van der Waals surface area (Å²) in [6.45, 7) is 0.554. The minimum atomic E-state index is -0.491. The minimum absolute atomic E-state index is 0.0296. The number of hydrogen-bond donors (Lipinski definition) is 1. The lowest BCUT2D eigenvalue weighted by Gasteiger charge is -2.24. The van der Waals surface area contributed by atoms with Crippen LogP contribution < -0.4 is 18.9 Å². The number of amides is 1. The first-order valence-corrected chi connectivity index (χ1v) is 13.0. The molecule has 2 heterocycles. The van der Waals surface area contributed by atoms with Crippen LogP contribution in [0.25, 0.3) is 6.08 Å². The number of nitrogens with one attached hydrogen (secondary N) is 1. The van der Waals surface area contributed by atoms with Gasteiger partial charge < -0.3 is 18.9 Å². The quantitative estimate of drug-likeness (QED) is 0.269. The van der Waals surface area contributed by atoms with Gasteiger partial charge in [0.2, 0.25) is 5.17 Å². The number of hydrogen-bond acceptors (Lipinski definition) is 9. The molecule has 0 unspecified atom stereocenters. The minimum Gasteiger partial charge on any atom is -0.493 e. The summed E-state index contributed by atoms with van der Waals surface area (Å²) in [6, 6.07) is 10.9. The van der Waals surface area contributed by atoms with Crippen molar-refractivity contribution in [3.05, 3.63) is 52.0 Å². The SMILES string of the molecule is COc1ccccc1OCCOc1c(Br)cc(/C=C2/C(=N)N3C(SC)=NSC3=NC2=O)cc1OC. The van der Waals surface area contributed by atoms with Crippen LogP contribution in [-0.2, 0) is 4.79 Å². The fourth-order valence-corrected chi connectivity index (χ4v) is 5.32. The molecule has 12 heteroatoms. The predicted octanol–water partition coefficient (Wildman–Crippen LogP) is 4.86. The lowest BCUT2D eigenvalue weighted by atomic mass is 10.1. The zero-order valence-corrected chi connectivity index (χ0v) is 22.3. The molecule has 0 radical (unpaired) electrons. The largest absolute Gasteiger partial charge is 0.493 e. The molecule has 2 aromatic carbocycles. The zero-order chi connectivity index (χ0) is 24.9. The maximum Gasteiger partial charge on any atom is 0.283 e. The van der Waals surface area contributed by atoms with Crippen LogP contribution >= 0.6 is 39.6 Å². The maximum absolute atomic E-state index is 12.6. The third kappa shape index (κ3) is 5.34. The Morgan fingerprint density at radius 2 is 1.83 bits per heavy atom. The van der Waals surface area contributed by atoms with Crippen molar-refractivity contribution in [2.45, 2.75) is 0 Å². The summed E-state index contributed by atoms with van der Waals surface area (Å²) in [4.78, 5) is 18.2. The van der Waals surface area contributed by atoms with Gasteiger partial charge in [0.25, 0.3) is 5.91 Å². The number of rotatable bonds is 8. The van der Waals surface area contributed by atoms with Gasteiger partial charge >= 0.3 is 0 Å². The van der Waals surface area contributed by atoms with E-state index in [0.717, 1.165) is 11.9 Å². The number of ether oxygens (including phenoxy) is 4. The highest BCUT2D eigenvalue weighted by molar-refractivity contribution is 9.10. The van der Waals surface area contributed by atoms with Crippen LogP contribution in [0.2, 0.25) is 0 Å². The van der Waals surface area contributed by atoms with Crippen molar-refractivity contribution in [1.82, 2.24) is 4.90 Å². The van der Waals surface area contributed by atoms with E-state index in [2.05, 4.69) is 25.3 Å². The number of thioether (sulfide) groups is 1. The predicted molar refractivity (Wildman–Crippen MR) is 143 cm³/mol. The summed E-state index contributed by atoms with van der Waals surface area (Å²) in [7, 11) is 3.12. The van der Waals surface area contributed by atoms with Crippen molar-refractivity contribution in [1.29, 1.82) is 5.41 Å². The maximum atomic E-state index is 12.6. The number of nitrogens with zero attached hydrogens (tertiary/aromatic N) is 3. The van der Waals surface area contributed by atoms with Gasteiger partial charge in [-0.25, -0.2) is 4.90 Å². The van der Waals surface area contributed by atoms with Crippen LogP contribution in [0.5, 0.6) is 23.0 Å². The van der Waals surface area contributed by atoms with Crippen LogP contribution in [0.3, 0.4) is 0 Å². The summed E-state index contributed by atoms with van der Waals surface area (Å²) >= 11 is 6.00. The number of amidine groups is 3. The molecule has 0 atom stereocenters. The van der Waals surface area contributed by atoms with Crippen molar-refractivity contribution < 1.29 is 23.7 Å². The Balaban J connectivity index is 1.50. The Morgan fingerprint density at radius 1 is 1.11 bits per heavy atom. The van der Waals surface area contributed by atoms with Crippen molar-refractivity contribution in [2.24, 2.45) is 9.39 Å². The molecule has 1 amide bonds. The van der Waals surface area contributed by atoms with Crippen LogP contribution in [0, 0.1) is 5.41 Å². The first-order chi connectivity index (χ1) is 17.0. The van der Waals surface area contributed by atoms with E-state index in [1.807, 2.05) is 30.5 Å². The van der Waals surface area contributed by atoms with E-state index in [1.165, 1.54) is 18.9 Å². The van der Waals surface area contributed by atoms with Crippen molar-refractivity contribution in [3.8, 4) is 23.0 Å². The molecule has 0 saturated heterocycles. The Labute approximate surface area is 219 Å². The average molecular weight is 577 g/mol. The Kier molecular flexibility index (Phi) is 8.04. The van der Waals surface area contributed by atoms with Crippen molar-refractivity contribution in [2.75, 3.05) is 33.7 Å². The highest BCUT2D eigenvalue weighted by Crippen LogP contribution is 2.38.